The lowest BCUT2D eigenvalue weighted by atomic mass is 10.2. The molecule has 0 saturated carbocycles. The van der Waals surface area contributed by atoms with Crippen molar-refractivity contribution in [2.24, 2.45) is 0 Å². The number of halogens is 1. The molecule has 19 heavy (non-hydrogen) atoms. The van der Waals surface area contributed by atoms with E-state index in [0.29, 0.717) is 34.7 Å². The standard InChI is InChI=1S/C12H12BrN3O3/c1-7-15-11(16-19-7)4-5-14-12(18)8-2-3-9(13)10(17)6-8/h2-3,6,17H,4-5H2,1H3,(H,14,18). The summed E-state index contributed by atoms with van der Waals surface area (Å²) in [5, 5.41) is 15.9. The van der Waals surface area contributed by atoms with Crippen LogP contribution in [-0.2, 0) is 6.42 Å². The minimum Gasteiger partial charge on any atom is -0.507 e. The quantitative estimate of drug-likeness (QED) is 0.895. The summed E-state index contributed by atoms with van der Waals surface area (Å²) in [5.41, 5.74) is 0.394. The largest absolute Gasteiger partial charge is 0.507 e. The lowest BCUT2D eigenvalue weighted by Crippen LogP contribution is -2.25. The maximum atomic E-state index is 11.8. The van der Waals surface area contributed by atoms with Gasteiger partial charge in [-0.2, -0.15) is 4.98 Å². The van der Waals surface area contributed by atoms with Crippen LogP contribution >= 0.6 is 15.9 Å². The van der Waals surface area contributed by atoms with E-state index in [1.807, 2.05) is 0 Å². The highest BCUT2D eigenvalue weighted by Gasteiger charge is 2.08. The first-order chi connectivity index (χ1) is 9.06. The highest BCUT2D eigenvalue weighted by Crippen LogP contribution is 2.24. The molecule has 1 aromatic heterocycles. The summed E-state index contributed by atoms with van der Waals surface area (Å²) >= 11 is 3.16. The molecule has 0 radical (unpaired) electrons. The number of aromatic hydroxyl groups is 1. The molecule has 100 valence electrons. The lowest BCUT2D eigenvalue weighted by molar-refractivity contribution is 0.0953. The van der Waals surface area contributed by atoms with E-state index < -0.39 is 0 Å². The number of carbonyl (C=O) groups excluding carboxylic acids is 1. The summed E-state index contributed by atoms with van der Waals surface area (Å²) in [6, 6.07) is 4.64. The van der Waals surface area contributed by atoms with Crippen molar-refractivity contribution < 1.29 is 14.4 Å². The number of benzene rings is 1. The van der Waals surface area contributed by atoms with Crippen molar-refractivity contribution in [2.75, 3.05) is 6.54 Å². The third-order valence-electron chi connectivity index (χ3n) is 2.41. The predicted molar refractivity (Wildman–Crippen MR) is 70.9 cm³/mol. The van der Waals surface area contributed by atoms with Crippen molar-refractivity contribution in [3.8, 4) is 5.75 Å². The molecule has 0 atom stereocenters. The monoisotopic (exact) mass is 325 g/mol. The molecule has 2 rings (SSSR count). The molecule has 0 fully saturated rings. The molecule has 0 unspecified atom stereocenters. The van der Waals surface area contributed by atoms with Crippen LogP contribution < -0.4 is 5.32 Å². The number of nitrogens with one attached hydrogen (secondary N) is 1. The first-order valence-corrected chi connectivity index (χ1v) is 6.41. The van der Waals surface area contributed by atoms with Gasteiger partial charge >= 0.3 is 0 Å². The normalized spacial score (nSPS) is 10.4. The smallest absolute Gasteiger partial charge is 0.251 e. The third-order valence-corrected chi connectivity index (χ3v) is 3.08. The van der Waals surface area contributed by atoms with Gasteiger partial charge in [-0.05, 0) is 34.1 Å². The fourth-order valence-electron chi connectivity index (χ4n) is 1.49. The molecule has 0 saturated heterocycles. The van der Waals surface area contributed by atoms with Crippen molar-refractivity contribution in [2.45, 2.75) is 13.3 Å². The molecule has 1 aromatic carbocycles. The minimum atomic E-state index is -0.261. The molecule has 2 N–H and O–H groups in total. The van der Waals surface area contributed by atoms with E-state index >= 15 is 0 Å². The van der Waals surface area contributed by atoms with Crippen molar-refractivity contribution in [1.29, 1.82) is 0 Å². The van der Waals surface area contributed by atoms with Crippen LogP contribution in [0.25, 0.3) is 0 Å². The van der Waals surface area contributed by atoms with Gasteiger partial charge in [-0.25, -0.2) is 0 Å². The molecular formula is C12H12BrN3O3. The van der Waals surface area contributed by atoms with Crippen molar-refractivity contribution >= 4 is 21.8 Å². The third kappa shape index (κ3) is 3.54. The van der Waals surface area contributed by atoms with Gasteiger partial charge < -0.3 is 14.9 Å². The number of aromatic nitrogens is 2. The van der Waals surface area contributed by atoms with E-state index in [1.165, 1.54) is 6.07 Å². The number of hydrogen-bond acceptors (Lipinski definition) is 5. The van der Waals surface area contributed by atoms with Gasteiger partial charge in [0.05, 0.1) is 4.47 Å². The molecule has 2 aromatic rings. The number of phenolic OH excluding ortho intramolecular Hbond substituents is 1. The molecule has 0 spiro atoms. The number of nitrogens with zero attached hydrogens (tertiary/aromatic N) is 2. The van der Waals surface area contributed by atoms with E-state index in [2.05, 4.69) is 31.4 Å². The Kier molecular flexibility index (Phi) is 4.16. The van der Waals surface area contributed by atoms with E-state index in [1.54, 1.807) is 19.1 Å². The van der Waals surface area contributed by atoms with Gasteiger partial charge in [0.15, 0.2) is 5.82 Å². The van der Waals surface area contributed by atoms with Crippen molar-refractivity contribution in [1.82, 2.24) is 15.5 Å². The van der Waals surface area contributed by atoms with E-state index in [-0.39, 0.29) is 11.7 Å². The maximum absolute atomic E-state index is 11.8. The molecule has 7 heteroatoms. The maximum Gasteiger partial charge on any atom is 0.251 e. The Bertz CT molecular complexity index is 598. The van der Waals surface area contributed by atoms with E-state index in [9.17, 15) is 9.90 Å². The van der Waals surface area contributed by atoms with Crippen LogP contribution in [0.4, 0.5) is 0 Å². The molecule has 0 bridgehead atoms. The summed E-state index contributed by atoms with van der Waals surface area (Å²) in [5.74, 6) is 0.820. The summed E-state index contributed by atoms with van der Waals surface area (Å²) in [7, 11) is 0. The Morgan fingerprint density at radius 2 is 2.32 bits per heavy atom. The molecule has 0 aliphatic carbocycles. The molecular weight excluding hydrogens is 314 g/mol. The molecule has 1 amide bonds. The number of phenols is 1. The van der Waals surface area contributed by atoms with Gasteiger partial charge in [-0.3, -0.25) is 4.79 Å². The number of rotatable bonds is 4. The van der Waals surface area contributed by atoms with Gasteiger partial charge in [0, 0.05) is 25.5 Å². The fraction of sp³-hybridized carbons (Fsp3) is 0.250. The molecule has 1 heterocycles. The SMILES string of the molecule is Cc1nc(CCNC(=O)c2ccc(Br)c(O)c2)no1. The second kappa shape index (κ2) is 5.83. The number of aryl methyl sites for hydroxylation is 1. The van der Waals surface area contributed by atoms with E-state index in [4.69, 9.17) is 4.52 Å². The summed E-state index contributed by atoms with van der Waals surface area (Å²) in [6.45, 7) is 2.11. The molecule has 0 aliphatic rings. The fourth-order valence-corrected chi connectivity index (χ4v) is 1.73. The Labute approximate surface area is 118 Å². The highest BCUT2D eigenvalue weighted by atomic mass is 79.9. The van der Waals surface area contributed by atoms with Crippen LogP contribution in [0.3, 0.4) is 0 Å². The van der Waals surface area contributed by atoms with Gasteiger partial charge in [-0.1, -0.05) is 5.16 Å². The predicted octanol–water partition coefficient (Wildman–Crippen LogP) is 1.82. The van der Waals surface area contributed by atoms with Crippen LogP contribution in [-0.4, -0.2) is 27.7 Å². The molecule has 6 nitrogen and oxygen atoms in total. The molecule has 0 aliphatic heterocycles. The zero-order chi connectivity index (χ0) is 13.8. The van der Waals surface area contributed by atoms with Gasteiger partial charge in [0.2, 0.25) is 5.89 Å². The van der Waals surface area contributed by atoms with Crippen molar-refractivity contribution in [3.05, 3.63) is 40.0 Å². The zero-order valence-corrected chi connectivity index (χ0v) is 11.8. The van der Waals surface area contributed by atoms with Crippen LogP contribution in [0.15, 0.2) is 27.2 Å². The van der Waals surface area contributed by atoms with Crippen LogP contribution in [0.2, 0.25) is 0 Å². The van der Waals surface area contributed by atoms with Gasteiger partial charge in [0.1, 0.15) is 5.75 Å². The summed E-state index contributed by atoms with van der Waals surface area (Å²) in [4.78, 5) is 15.8. The second-order valence-electron chi connectivity index (χ2n) is 3.90. The Morgan fingerprint density at radius 1 is 1.53 bits per heavy atom. The van der Waals surface area contributed by atoms with E-state index in [0.717, 1.165) is 0 Å². The first kappa shape index (κ1) is 13.5. The Balaban J connectivity index is 1.89. The Hall–Kier alpha value is -1.89. The van der Waals surface area contributed by atoms with Gasteiger partial charge in [-0.15, -0.1) is 0 Å². The summed E-state index contributed by atoms with van der Waals surface area (Å²) < 4.78 is 5.37. The number of carbonyl (C=O) groups is 1. The minimum absolute atomic E-state index is 0.0291. The average Bonchev–Trinajstić information content (AvgIpc) is 2.78. The van der Waals surface area contributed by atoms with Crippen LogP contribution in [0.5, 0.6) is 5.75 Å². The lowest BCUT2D eigenvalue weighted by Gasteiger charge is -2.04. The van der Waals surface area contributed by atoms with Crippen molar-refractivity contribution in [3.63, 3.8) is 0 Å². The average molecular weight is 326 g/mol. The number of hydrogen-bond donors (Lipinski definition) is 2. The highest BCUT2D eigenvalue weighted by molar-refractivity contribution is 9.10. The topological polar surface area (TPSA) is 88.2 Å². The summed E-state index contributed by atoms with van der Waals surface area (Å²) in [6.07, 6.45) is 0.492. The number of amides is 1. The zero-order valence-electron chi connectivity index (χ0n) is 10.2. The first-order valence-electron chi connectivity index (χ1n) is 5.62. The second-order valence-corrected chi connectivity index (χ2v) is 4.76. The Morgan fingerprint density at radius 3 is 2.95 bits per heavy atom. The van der Waals surface area contributed by atoms with Crippen LogP contribution in [0.1, 0.15) is 22.1 Å². The van der Waals surface area contributed by atoms with Crippen LogP contribution in [0, 0.1) is 6.92 Å². The van der Waals surface area contributed by atoms with Gasteiger partial charge in [0.25, 0.3) is 5.91 Å².